The maximum absolute atomic E-state index is 8.69. The lowest BCUT2D eigenvalue weighted by Crippen LogP contribution is -1.97. The summed E-state index contributed by atoms with van der Waals surface area (Å²) < 4.78 is 0. The number of aliphatic hydroxyl groups is 1. The topological polar surface area (TPSA) is 72.3 Å². The minimum atomic E-state index is -0.251. The maximum Gasteiger partial charge on any atom is 0.181 e. The van der Waals surface area contributed by atoms with Crippen LogP contribution in [0.25, 0.3) is 5.70 Å². The molecule has 0 saturated heterocycles. The van der Waals surface area contributed by atoms with Gasteiger partial charge in [-0.2, -0.15) is 0 Å². The Kier molecular flexibility index (Phi) is 2.97. The van der Waals surface area contributed by atoms with E-state index >= 15 is 0 Å². The minimum Gasteiger partial charge on any atom is -0.495 e. The highest BCUT2D eigenvalue weighted by Gasteiger charge is 1.91. The Morgan fingerprint density at radius 3 is 2.23 bits per heavy atom. The van der Waals surface area contributed by atoms with E-state index < -0.39 is 0 Å². The second-order valence-corrected chi connectivity index (χ2v) is 2.58. The molecule has 0 atom stereocenters. The molecule has 0 spiro atoms. The zero-order chi connectivity index (χ0) is 9.68. The third-order valence-corrected chi connectivity index (χ3v) is 1.54. The van der Waals surface area contributed by atoms with Crippen molar-refractivity contribution in [2.45, 2.75) is 0 Å². The van der Waals surface area contributed by atoms with Gasteiger partial charge in [-0.15, -0.1) is 0 Å². The SMILES string of the molecule is N/C(=C\C=C(/N)O)c1ccccc1. The van der Waals surface area contributed by atoms with Crippen molar-refractivity contribution in [2.24, 2.45) is 11.5 Å². The molecule has 0 bridgehead atoms. The maximum atomic E-state index is 8.69. The van der Waals surface area contributed by atoms with E-state index in [-0.39, 0.29) is 5.88 Å². The van der Waals surface area contributed by atoms with Crippen molar-refractivity contribution in [1.29, 1.82) is 0 Å². The molecular formula is C10H12N2O. The lowest BCUT2D eigenvalue weighted by molar-refractivity contribution is 0.406. The Balaban J connectivity index is 2.86. The van der Waals surface area contributed by atoms with Crippen molar-refractivity contribution in [3.8, 4) is 0 Å². The summed E-state index contributed by atoms with van der Waals surface area (Å²) >= 11 is 0. The van der Waals surface area contributed by atoms with Gasteiger partial charge < -0.3 is 16.6 Å². The zero-order valence-corrected chi connectivity index (χ0v) is 7.14. The van der Waals surface area contributed by atoms with Crippen molar-refractivity contribution in [3.05, 3.63) is 53.9 Å². The highest BCUT2D eigenvalue weighted by molar-refractivity contribution is 5.63. The van der Waals surface area contributed by atoms with Gasteiger partial charge in [-0.3, -0.25) is 0 Å². The third-order valence-electron chi connectivity index (χ3n) is 1.54. The van der Waals surface area contributed by atoms with E-state index in [4.69, 9.17) is 16.6 Å². The van der Waals surface area contributed by atoms with E-state index in [2.05, 4.69) is 0 Å². The molecule has 0 amide bonds. The first kappa shape index (κ1) is 9.19. The highest BCUT2D eigenvalue weighted by Crippen LogP contribution is 2.07. The van der Waals surface area contributed by atoms with Crippen molar-refractivity contribution in [3.63, 3.8) is 0 Å². The number of aliphatic hydroxyl groups excluding tert-OH is 1. The van der Waals surface area contributed by atoms with Crippen LogP contribution in [0.15, 0.2) is 48.4 Å². The van der Waals surface area contributed by atoms with E-state index in [1.165, 1.54) is 6.08 Å². The van der Waals surface area contributed by atoms with Crippen molar-refractivity contribution in [1.82, 2.24) is 0 Å². The van der Waals surface area contributed by atoms with Gasteiger partial charge in [0.2, 0.25) is 0 Å². The van der Waals surface area contributed by atoms with Gasteiger partial charge >= 0.3 is 0 Å². The van der Waals surface area contributed by atoms with Gasteiger partial charge in [-0.25, -0.2) is 0 Å². The molecule has 0 fully saturated rings. The van der Waals surface area contributed by atoms with Crippen LogP contribution in [0.2, 0.25) is 0 Å². The highest BCUT2D eigenvalue weighted by atomic mass is 16.3. The second kappa shape index (κ2) is 4.21. The summed E-state index contributed by atoms with van der Waals surface area (Å²) in [6.45, 7) is 0. The predicted molar refractivity (Wildman–Crippen MR) is 53.5 cm³/mol. The number of hydrogen-bond donors (Lipinski definition) is 3. The van der Waals surface area contributed by atoms with Gasteiger partial charge in [0.1, 0.15) is 0 Å². The van der Waals surface area contributed by atoms with Crippen LogP contribution in [-0.2, 0) is 0 Å². The molecule has 3 nitrogen and oxygen atoms in total. The normalized spacial score (nSPS) is 12.9. The molecule has 0 aliphatic carbocycles. The number of benzene rings is 1. The molecule has 0 aliphatic rings. The molecule has 68 valence electrons. The average molecular weight is 176 g/mol. The van der Waals surface area contributed by atoms with Crippen LogP contribution in [0, 0.1) is 0 Å². The Morgan fingerprint density at radius 1 is 1.08 bits per heavy atom. The molecule has 0 saturated carbocycles. The Morgan fingerprint density at radius 2 is 1.69 bits per heavy atom. The van der Waals surface area contributed by atoms with E-state index in [1.807, 2.05) is 30.3 Å². The standard InChI is InChI=1S/C10H12N2O/c11-9(6-7-10(12)13)8-4-2-1-3-5-8/h1-7,13H,11-12H2/b9-6-,10-7+. The molecule has 5 N–H and O–H groups in total. The quantitative estimate of drug-likeness (QED) is 0.470. The lowest BCUT2D eigenvalue weighted by Gasteiger charge is -1.98. The van der Waals surface area contributed by atoms with Crippen LogP contribution in [0.5, 0.6) is 0 Å². The number of allylic oxidation sites excluding steroid dienone is 2. The molecule has 0 aliphatic heterocycles. The summed E-state index contributed by atoms with van der Waals surface area (Å²) in [5.74, 6) is -0.251. The summed E-state index contributed by atoms with van der Waals surface area (Å²) in [6.07, 6.45) is 2.91. The predicted octanol–water partition coefficient (Wildman–Crippen LogP) is 1.34. The van der Waals surface area contributed by atoms with Crippen LogP contribution in [-0.4, -0.2) is 5.11 Å². The first-order chi connectivity index (χ1) is 6.20. The number of rotatable bonds is 2. The fourth-order valence-electron chi connectivity index (χ4n) is 0.902. The van der Waals surface area contributed by atoms with Gasteiger partial charge in [0, 0.05) is 5.70 Å². The number of hydrogen-bond acceptors (Lipinski definition) is 3. The van der Waals surface area contributed by atoms with Gasteiger partial charge in [0.25, 0.3) is 0 Å². The average Bonchev–Trinajstić information content (AvgIpc) is 2.15. The van der Waals surface area contributed by atoms with Crippen molar-refractivity contribution in [2.75, 3.05) is 0 Å². The summed E-state index contributed by atoms with van der Waals surface area (Å²) in [5.41, 5.74) is 12.2. The molecule has 0 radical (unpaired) electrons. The number of nitrogens with two attached hydrogens (primary N) is 2. The molecule has 1 aromatic carbocycles. The third kappa shape index (κ3) is 2.91. The smallest absolute Gasteiger partial charge is 0.181 e. The molecular weight excluding hydrogens is 164 g/mol. The minimum absolute atomic E-state index is 0.251. The van der Waals surface area contributed by atoms with Gasteiger partial charge in [0.05, 0.1) is 0 Å². The van der Waals surface area contributed by atoms with Gasteiger partial charge in [-0.05, 0) is 17.7 Å². The Labute approximate surface area is 77.0 Å². The van der Waals surface area contributed by atoms with Crippen molar-refractivity contribution >= 4 is 5.70 Å². The summed E-state index contributed by atoms with van der Waals surface area (Å²) in [6, 6.07) is 9.46. The van der Waals surface area contributed by atoms with Crippen LogP contribution in [0.3, 0.4) is 0 Å². The molecule has 3 heteroatoms. The zero-order valence-electron chi connectivity index (χ0n) is 7.14. The summed E-state index contributed by atoms with van der Waals surface area (Å²) in [7, 11) is 0. The largest absolute Gasteiger partial charge is 0.495 e. The lowest BCUT2D eigenvalue weighted by atomic mass is 10.1. The van der Waals surface area contributed by atoms with Crippen molar-refractivity contribution < 1.29 is 5.11 Å². The van der Waals surface area contributed by atoms with E-state index in [0.717, 1.165) is 5.56 Å². The molecule has 0 aromatic heterocycles. The Hall–Kier alpha value is -1.90. The van der Waals surface area contributed by atoms with E-state index in [0.29, 0.717) is 5.70 Å². The summed E-state index contributed by atoms with van der Waals surface area (Å²) in [5, 5.41) is 8.69. The Bertz CT molecular complexity index is 324. The molecule has 1 aromatic rings. The summed E-state index contributed by atoms with van der Waals surface area (Å²) in [4.78, 5) is 0. The van der Waals surface area contributed by atoms with Crippen LogP contribution in [0.4, 0.5) is 0 Å². The second-order valence-electron chi connectivity index (χ2n) is 2.58. The monoisotopic (exact) mass is 176 g/mol. The van der Waals surface area contributed by atoms with E-state index in [9.17, 15) is 0 Å². The fraction of sp³-hybridized carbons (Fsp3) is 0. The van der Waals surface area contributed by atoms with Crippen LogP contribution >= 0.6 is 0 Å². The van der Waals surface area contributed by atoms with Crippen LogP contribution < -0.4 is 11.5 Å². The molecule has 0 heterocycles. The molecule has 1 rings (SSSR count). The first-order valence-electron chi connectivity index (χ1n) is 3.87. The fourth-order valence-corrected chi connectivity index (χ4v) is 0.902. The first-order valence-corrected chi connectivity index (χ1v) is 3.87. The van der Waals surface area contributed by atoms with Crippen LogP contribution in [0.1, 0.15) is 5.56 Å². The van der Waals surface area contributed by atoms with E-state index in [1.54, 1.807) is 6.08 Å². The van der Waals surface area contributed by atoms with Gasteiger partial charge in [-0.1, -0.05) is 30.3 Å². The molecule has 13 heavy (non-hydrogen) atoms. The van der Waals surface area contributed by atoms with Gasteiger partial charge in [0.15, 0.2) is 5.88 Å². The molecule has 0 unspecified atom stereocenters.